The van der Waals surface area contributed by atoms with Crippen molar-refractivity contribution in [3.8, 4) is 0 Å². The first kappa shape index (κ1) is 22.2. The zero-order valence-electron chi connectivity index (χ0n) is 17.6. The third-order valence-corrected chi connectivity index (χ3v) is 6.20. The highest BCUT2D eigenvalue weighted by Gasteiger charge is 2.27. The van der Waals surface area contributed by atoms with Gasteiger partial charge in [0.05, 0.1) is 12.1 Å². The molecule has 2 aromatic rings. The molecule has 1 aromatic carbocycles. The summed E-state index contributed by atoms with van der Waals surface area (Å²) in [5, 5.41) is 8.56. The molecule has 3 rings (SSSR count). The van der Waals surface area contributed by atoms with E-state index in [1.54, 1.807) is 0 Å². The van der Waals surface area contributed by atoms with Crippen LogP contribution >= 0.6 is 11.3 Å². The van der Waals surface area contributed by atoms with Crippen molar-refractivity contribution in [1.29, 1.82) is 0 Å². The van der Waals surface area contributed by atoms with Gasteiger partial charge in [-0.15, -0.1) is 11.3 Å². The molecule has 1 saturated heterocycles. The fourth-order valence-corrected chi connectivity index (χ4v) is 4.44. The van der Waals surface area contributed by atoms with E-state index >= 15 is 0 Å². The van der Waals surface area contributed by atoms with Gasteiger partial charge in [-0.1, -0.05) is 18.2 Å². The van der Waals surface area contributed by atoms with Crippen LogP contribution in [-0.4, -0.2) is 47.6 Å². The number of ether oxygens (including phenoxy) is 1. The minimum Gasteiger partial charge on any atom is -0.372 e. The average Bonchev–Trinajstić information content (AvgIpc) is 3.22. The highest BCUT2D eigenvalue weighted by Crippen LogP contribution is 2.23. The Morgan fingerprint density at radius 3 is 2.87 bits per heavy atom. The number of likely N-dealkylation sites (tertiary alicyclic amines) is 1. The normalized spacial score (nSPS) is 17.4. The van der Waals surface area contributed by atoms with Gasteiger partial charge >= 0.3 is 6.03 Å². The van der Waals surface area contributed by atoms with Crippen LogP contribution in [0.5, 0.6) is 0 Å². The molecule has 162 valence electrons. The summed E-state index contributed by atoms with van der Waals surface area (Å²) in [5.74, 6) is 0.0610. The van der Waals surface area contributed by atoms with Crippen LogP contribution in [0.2, 0.25) is 0 Å². The van der Waals surface area contributed by atoms with Gasteiger partial charge in [0, 0.05) is 36.8 Å². The van der Waals surface area contributed by atoms with Gasteiger partial charge in [0.1, 0.15) is 11.1 Å². The van der Waals surface area contributed by atoms with Gasteiger partial charge < -0.3 is 20.3 Å². The predicted octanol–water partition coefficient (Wildman–Crippen LogP) is 3.99. The Morgan fingerprint density at radius 2 is 2.10 bits per heavy atom. The van der Waals surface area contributed by atoms with E-state index in [1.165, 1.54) is 11.3 Å². The number of urea groups is 1. The summed E-state index contributed by atoms with van der Waals surface area (Å²) in [6.45, 7) is 5.72. The third-order valence-electron chi connectivity index (χ3n) is 5.14. The maximum absolute atomic E-state index is 12.9. The molecule has 2 N–H and O–H groups in total. The van der Waals surface area contributed by atoms with E-state index in [4.69, 9.17) is 4.74 Å². The summed E-state index contributed by atoms with van der Waals surface area (Å²) in [6.07, 6.45) is 3.16. The SMILES string of the molecule is CCOC(C)c1nc(CC(=O)N2CCCCC2CNC(=O)Nc2ccccc2)cs1. The number of carbonyl (C=O) groups is 2. The van der Waals surface area contributed by atoms with Gasteiger partial charge in [0.15, 0.2) is 0 Å². The van der Waals surface area contributed by atoms with Crippen LogP contribution in [0.1, 0.15) is 49.9 Å². The standard InChI is InChI=1S/C22H30N4O3S/c1-3-29-16(2)21-24-18(15-30-21)13-20(27)26-12-8-7-11-19(26)14-23-22(28)25-17-9-5-4-6-10-17/h4-6,9-10,15-16,19H,3,7-8,11-14H2,1-2H3,(H2,23,25,28). The fourth-order valence-electron chi connectivity index (χ4n) is 3.62. The van der Waals surface area contributed by atoms with E-state index in [2.05, 4.69) is 15.6 Å². The number of rotatable bonds is 8. The van der Waals surface area contributed by atoms with Crippen molar-refractivity contribution < 1.29 is 14.3 Å². The fraction of sp³-hybridized carbons (Fsp3) is 0.500. The van der Waals surface area contributed by atoms with Crippen molar-refractivity contribution in [1.82, 2.24) is 15.2 Å². The number of anilines is 1. The van der Waals surface area contributed by atoms with Crippen LogP contribution < -0.4 is 10.6 Å². The van der Waals surface area contributed by atoms with E-state index in [1.807, 2.05) is 54.5 Å². The minimum atomic E-state index is -0.256. The first-order valence-corrected chi connectivity index (χ1v) is 11.4. The number of nitrogens with one attached hydrogen (secondary N) is 2. The van der Waals surface area contributed by atoms with Gasteiger partial charge in [0.2, 0.25) is 5.91 Å². The predicted molar refractivity (Wildman–Crippen MR) is 119 cm³/mol. The first-order valence-electron chi connectivity index (χ1n) is 10.5. The molecule has 8 heteroatoms. The van der Waals surface area contributed by atoms with Crippen LogP contribution in [0.3, 0.4) is 0 Å². The van der Waals surface area contributed by atoms with Crippen molar-refractivity contribution >= 4 is 29.0 Å². The van der Waals surface area contributed by atoms with Gasteiger partial charge in [-0.25, -0.2) is 9.78 Å². The molecule has 2 heterocycles. The average molecular weight is 431 g/mol. The lowest BCUT2D eigenvalue weighted by atomic mass is 10.0. The molecule has 1 aliphatic heterocycles. The molecular weight excluding hydrogens is 400 g/mol. The van der Waals surface area contributed by atoms with Crippen molar-refractivity contribution in [2.75, 3.05) is 25.0 Å². The zero-order chi connectivity index (χ0) is 21.3. The number of hydrogen-bond acceptors (Lipinski definition) is 5. The van der Waals surface area contributed by atoms with Gasteiger partial charge in [-0.3, -0.25) is 4.79 Å². The second kappa shape index (κ2) is 11.1. The molecule has 0 spiro atoms. The molecule has 7 nitrogen and oxygen atoms in total. The number of piperidine rings is 1. The first-order chi connectivity index (χ1) is 14.6. The number of benzene rings is 1. The van der Waals surface area contributed by atoms with Gasteiger partial charge in [0.25, 0.3) is 0 Å². The van der Waals surface area contributed by atoms with Crippen LogP contribution in [-0.2, 0) is 16.0 Å². The molecule has 0 radical (unpaired) electrons. The molecule has 2 unspecified atom stereocenters. The van der Waals surface area contributed by atoms with Gasteiger partial charge in [-0.2, -0.15) is 0 Å². The third kappa shape index (κ3) is 6.27. The zero-order valence-corrected chi connectivity index (χ0v) is 18.4. The Hall–Kier alpha value is -2.45. The summed E-state index contributed by atoms with van der Waals surface area (Å²) in [4.78, 5) is 31.6. The Bertz CT molecular complexity index is 827. The highest BCUT2D eigenvalue weighted by molar-refractivity contribution is 7.09. The number of nitrogens with zero attached hydrogens (tertiary/aromatic N) is 2. The van der Waals surface area contributed by atoms with E-state index < -0.39 is 0 Å². The molecule has 1 fully saturated rings. The number of carbonyl (C=O) groups excluding carboxylic acids is 2. The molecule has 0 aliphatic carbocycles. The molecule has 1 aliphatic rings. The van der Waals surface area contributed by atoms with Crippen molar-refractivity contribution in [2.45, 2.75) is 51.7 Å². The molecule has 0 saturated carbocycles. The largest absolute Gasteiger partial charge is 0.372 e. The van der Waals surface area contributed by atoms with Gasteiger partial charge in [-0.05, 0) is 45.2 Å². The summed E-state index contributed by atoms with van der Waals surface area (Å²) in [7, 11) is 0. The Balaban J connectivity index is 1.53. The maximum atomic E-state index is 12.9. The summed E-state index contributed by atoms with van der Waals surface area (Å²) in [5.41, 5.74) is 1.53. The van der Waals surface area contributed by atoms with Crippen LogP contribution in [0.15, 0.2) is 35.7 Å². The monoisotopic (exact) mass is 430 g/mol. The topological polar surface area (TPSA) is 83.6 Å². The number of hydrogen-bond donors (Lipinski definition) is 2. The Kier molecular flexibility index (Phi) is 8.21. The lowest BCUT2D eigenvalue weighted by Gasteiger charge is -2.36. The molecule has 0 bridgehead atoms. The summed E-state index contributed by atoms with van der Waals surface area (Å²) in [6, 6.07) is 9.07. The number of aromatic nitrogens is 1. The second-order valence-corrected chi connectivity index (χ2v) is 8.28. The molecule has 1 aromatic heterocycles. The molecule has 30 heavy (non-hydrogen) atoms. The van der Waals surface area contributed by atoms with Crippen molar-refractivity contribution in [2.24, 2.45) is 0 Å². The maximum Gasteiger partial charge on any atom is 0.319 e. The molecule has 2 atom stereocenters. The lowest BCUT2D eigenvalue weighted by molar-refractivity contribution is -0.134. The minimum absolute atomic E-state index is 0.00762. The van der Waals surface area contributed by atoms with E-state index in [0.29, 0.717) is 13.2 Å². The van der Waals surface area contributed by atoms with Crippen molar-refractivity contribution in [3.63, 3.8) is 0 Å². The number of para-hydroxylation sites is 1. The van der Waals surface area contributed by atoms with E-state index in [9.17, 15) is 9.59 Å². The summed E-state index contributed by atoms with van der Waals surface area (Å²) >= 11 is 1.53. The van der Waals surface area contributed by atoms with Crippen molar-refractivity contribution in [3.05, 3.63) is 46.4 Å². The summed E-state index contributed by atoms with van der Waals surface area (Å²) < 4.78 is 5.58. The Labute approximate surface area is 181 Å². The quantitative estimate of drug-likeness (QED) is 0.663. The smallest absolute Gasteiger partial charge is 0.319 e. The number of amides is 3. The highest BCUT2D eigenvalue weighted by atomic mass is 32.1. The van der Waals surface area contributed by atoms with E-state index in [0.717, 1.165) is 42.2 Å². The van der Waals surface area contributed by atoms with Crippen LogP contribution in [0, 0.1) is 0 Å². The van der Waals surface area contributed by atoms with E-state index in [-0.39, 0.29) is 30.5 Å². The Morgan fingerprint density at radius 1 is 1.30 bits per heavy atom. The number of thiazole rings is 1. The lowest BCUT2D eigenvalue weighted by Crippen LogP contribution is -2.50. The molecule has 3 amide bonds. The van der Waals surface area contributed by atoms with Crippen LogP contribution in [0.4, 0.5) is 10.5 Å². The van der Waals surface area contributed by atoms with Crippen LogP contribution in [0.25, 0.3) is 0 Å². The molecular formula is C22H30N4O3S. The second-order valence-electron chi connectivity index (χ2n) is 7.39.